The third-order valence-electron chi connectivity index (χ3n) is 5.00. The monoisotopic (exact) mass is 350 g/mol. The number of aromatic nitrogens is 1. The first-order valence-corrected chi connectivity index (χ1v) is 10.3. The van der Waals surface area contributed by atoms with E-state index in [0.29, 0.717) is 11.3 Å². The number of rotatable bonds is 4. The van der Waals surface area contributed by atoms with Gasteiger partial charge in [0.05, 0.1) is 5.69 Å². The minimum atomic E-state index is 0.453. The average molecular weight is 351 g/mol. The third-order valence-corrected chi connectivity index (χ3v) is 6.54. The van der Waals surface area contributed by atoms with Crippen LogP contribution in [0, 0.1) is 0 Å². The number of thioether (sulfide) groups is 1. The molecular formula is C18H30N4OS. The number of hydrogen-bond donors (Lipinski definition) is 1. The van der Waals surface area contributed by atoms with Crippen LogP contribution in [-0.4, -0.2) is 46.2 Å². The molecular weight excluding hydrogens is 320 g/mol. The van der Waals surface area contributed by atoms with Crippen molar-refractivity contribution in [2.24, 2.45) is 4.99 Å². The SMILES string of the molecule is CCNC(=NCc1cc(CC)no1)N1CCSC2(CCCCC2)C1. The number of nitrogens with one attached hydrogen (secondary N) is 1. The van der Waals surface area contributed by atoms with Gasteiger partial charge in [0, 0.05) is 36.2 Å². The second-order valence-electron chi connectivity index (χ2n) is 6.82. The highest BCUT2D eigenvalue weighted by molar-refractivity contribution is 8.00. The van der Waals surface area contributed by atoms with Gasteiger partial charge in [-0.25, -0.2) is 4.99 Å². The second kappa shape index (κ2) is 8.28. The fourth-order valence-corrected chi connectivity index (χ4v) is 5.27. The minimum Gasteiger partial charge on any atom is -0.359 e. The molecule has 1 aromatic heterocycles. The highest BCUT2D eigenvalue weighted by Gasteiger charge is 2.38. The van der Waals surface area contributed by atoms with Gasteiger partial charge in [-0.15, -0.1) is 0 Å². The Bertz CT molecular complexity index is 545. The topological polar surface area (TPSA) is 53.7 Å². The van der Waals surface area contributed by atoms with Crippen molar-refractivity contribution < 1.29 is 4.52 Å². The summed E-state index contributed by atoms with van der Waals surface area (Å²) in [5.41, 5.74) is 1.00. The standard InChI is InChI=1S/C18H30N4OS/c1-3-15-12-16(23-21-15)13-20-17(19-4-2)22-10-11-24-18(14-22)8-6-5-7-9-18/h12H,3-11,13-14H2,1-2H3,(H,19,20). The van der Waals surface area contributed by atoms with Crippen LogP contribution >= 0.6 is 11.8 Å². The molecule has 0 unspecified atom stereocenters. The van der Waals surface area contributed by atoms with Crippen LogP contribution in [0.3, 0.4) is 0 Å². The van der Waals surface area contributed by atoms with E-state index in [9.17, 15) is 0 Å². The Morgan fingerprint density at radius 3 is 2.92 bits per heavy atom. The number of guanidine groups is 1. The Morgan fingerprint density at radius 1 is 1.38 bits per heavy atom. The van der Waals surface area contributed by atoms with Gasteiger partial charge in [0.25, 0.3) is 0 Å². The number of hydrogen-bond acceptors (Lipinski definition) is 4. The maximum Gasteiger partial charge on any atom is 0.194 e. The second-order valence-corrected chi connectivity index (χ2v) is 8.38. The number of aliphatic imine (C=N–C) groups is 1. The molecule has 1 aliphatic heterocycles. The van der Waals surface area contributed by atoms with E-state index in [4.69, 9.17) is 9.52 Å². The minimum absolute atomic E-state index is 0.453. The highest BCUT2D eigenvalue weighted by Crippen LogP contribution is 2.42. The Labute approximate surface area is 149 Å². The smallest absolute Gasteiger partial charge is 0.194 e. The summed E-state index contributed by atoms with van der Waals surface area (Å²) in [4.78, 5) is 7.28. The van der Waals surface area contributed by atoms with E-state index in [1.165, 1.54) is 37.9 Å². The molecule has 1 aliphatic carbocycles. The van der Waals surface area contributed by atoms with E-state index in [0.717, 1.165) is 43.5 Å². The molecule has 2 heterocycles. The summed E-state index contributed by atoms with van der Waals surface area (Å²) in [5.74, 6) is 3.07. The van der Waals surface area contributed by atoms with Gasteiger partial charge in [-0.1, -0.05) is 31.3 Å². The summed E-state index contributed by atoms with van der Waals surface area (Å²) in [6.07, 6.45) is 7.78. The van der Waals surface area contributed by atoms with Crippen LogP contribution in [0.15, 0.2) is 15.6 Å². The summed E-state index contributed by atoms with van der Waals surface area (Å²) in [6, 6.07) is 2.02. The summed E-state index contributed by atoms with van der Waals surface area (Å²) in [7, 11) is 0. The average Bonchev–Trinajstić information content (AvgIpc) is 3.07. The molecule has 6 heteroatoms. The number of aryl methyl sites for hydroxylation is 1. The van der Waals surface area contributed by atoms with Gasteiger partial charge in [0.1, 0.15) is 6.54 Å². The fourth-order valence-electron chi connectivity index (χ4n) is 3.70. The first-order valence-electron chi connectivity index (χ1n) is 9.36. The van der Waals surface area contributed by atoms with E-state index in [-0.39, 0.29) is 0 Å². The summed E-state index contributed by atoms with van der Waals surface area (Å²) < 4.78 is 5.83. The molecule has 1 saturated heterocycles. The van der Waals surface area contributed by atoms with Crippen LogP contribution in [0.25, 0.3) is 0 Å². The van der Waals surface area contributed by atoms with Crippen molar-refractivity contribution in [2.75, 3.05) is 25.4 Å². The van der Waals surface area contributed by atoms with Crippen LogP contribution in [0.5, 0.6) is 0 Å². The maximum absolute atomic E-state index is 5.37. The Morgan fingerprint density at radius 2 is 2.21 bits per heavy atom. The predicted molar refractivity (Wildman–Crippen MR) is 101 cm³/mol. The van der Waals surface area contributed by atoms with Crippen LogP contribution < -0.4 is 5.32 Å². The quantitative estimate of drug-likeness (QED) is 0.666. The van der Waals surface area contributed by atoms with E-state index < -0.39 is 0 Å². The first-order chi connectivity index (χ1) is 11.7. The molecule has 1 aromatic rings. The van der Waals surface area contributed by atoms with Crippen LogP contribution in [-0.2, 0) is 13.0 Å². The molecule has 0 radical (unpaired) electrons. The van der Waals surface area contributed by atoms with Crippen LogP contribution in [0.1, 0.15) is 57.4 Å². The highest BCUT2D eigenvalue weighted by atomic mass is 32.2. The Balaban J connectivity index is 1.68. The molecule has 0 amide bonds. The Kier molecular flexibility index (Phi) is 6.09. The van der Waals surface area contributed by atoms with Gasteiger partial charge in [0.15, 0.2) is 11.7 Å². The van der Waals surface area contributed by atoms with Crippen LogP contribution in [0.2, 0.25) is 0 Å². The van der Waals surface area contributed by atoms with Crippen molar-refractivity contribution in [3.05, 3.63) is 17.5 Å². The van der Waals surface area contributed by atoms with E-state index >= 15 is 0 Å². The summed E-state index contributed by atoms with van der Waals surface area (Å²) >= 11 is 2.19. The zero-order valence-electron chi connectivity index (χ0n) is 15.0. The molecule has 1 spiro atoms. The van der Waals surface area contributed by atoms with Crippen molar-refractivity contribution in [1.29, 1.82) is 0 Å². The molecule has 2 aliphatic rings. The molecule has 3 rings (SSSR count). The summed E-state index contributed by atoms with van der Waals surface area (Å²) in [5, 5.41) is 7.53. The van der Waals surface area contributed by atoms with E-state index in [1.807, 2.05) is 6.07 Å². The molecule has 5 nitrogen and oxygen atoms in total. The lowest BCUT2D eigenvalue weighted by Gasteiger charge is -2.45. The third kappa shape index (κ3) is 4.26. The molecule has 0 aromatic carbocycles. The van der Waals surface area contributed by atoms with Gasteiger partial charge >= 0.3 is 0 Å². The molecule has 2 fully saturated rings. The van der Waals surface area contributed by atoms with Gasteiger partial charge in [-0.2, -0.15) is 11.8 Å². The molecule has 1 saturated carbocycles. The zero-order chi connectivity index (χ0) is 16.8. The lowest BCUT2D eigenvalue weighted by molar-refractivity contribution is 0.292. The van der Waals surface area contributed by atoms with E-state index in [2.05, 4.69) is 41.0 Å². The molecule has 24 heavy (non-hydrogen) atoms. The Hall–Kier alpha value is -1.17. The first kappa shape index (κ1) is 17.6. The summed E-state index contributed by atoms with van der Waals surface area (Å²) in [6.45, 7) is 7.88. The lowest BCUT2D eigenvalue weighted by atomic mass is 9.87. The lowest BCUT2D eigenvalue weighted by Crippen LogP contribution is -2.53. The van der Waals surface area contributed by atoms with Gasteiger partial charge in [-0.05, 0) is 26.2 Å². The van der Waals surface area contributed by atoms with Gasteiger partial charge < -0.3 is 14.7 Å². The molecule has 1 N–H and O–H groups in total. The van der Waals surface area contributed by atoms with Gasteiger partial charge in [-0.3, -0.25) is 0 Å². The predicted octanol–water partition coefficient (Wildman–Crippen LogP) is 3.45. The van der Waals surface area contributed by atoms with Crippen molar-refractivity contribution >= 4 is 17.7 Å². The van der Waals surface area contributed by atoms with Gasteiger partial charge in [0.2, 0.25) is 0 Å². The number of nitrogens with zero attached hydrogens (tertiary/aromatic N) is 3. The molecule has 0 bridgehead atoms. The fraction of sp³-hybridized carbons (Fsp3) is 0.778. The van der Waals surface area contributed by atoms with Crippen molar-refractivity contribution in [3.8, 4) is 0 Å². The maximum atomic E-state index is 5.37. The molecule has 134 valence electrons. The largest absolute Gasteiger partial charge is 0.359 e. The molecule has 0 atom stereocenters. The van der Waals surface area contributed by atoms with Crippen molar-refractivity contribution in [2.45, 2.75) is 63.7 Å². The van der Waals surface area contributed by atoms with E-state index in [1.54, 1.807) is 0 Å². The van der Waals surface area contributed by atoms with Crippen LogP contribution in [0.4, 0.5) is 0 Å². The van der Waals surface area contributed by atoms with Crippen molar-refractivity contribution in [3.63, 3.8) is 0 Å². The van der Waals surface area contributed by atoms with Crippen molar-refractivity contribution in [1.82, 2.24) is 15.4 Å². The zero-order valence-corrected chi connectivity index (χ0v) is 15.8. The normalized spacial score (nSPS) is 21.2.